The Kier molecular flexibility index (Phi) is 7.88. The van der Waals surface area contributed by atoms with Gasteiger partial charge in [-0.15, -0.1) is 12.4 Å². The number of methoxy groups -OCH3 is 1. The van der Waals surface area contributed by atoms with Gasteiger partial charge in [-0.3, -0.25) is 4.79 Å². The molecule has 1 saturated heterocycles. The van der Waals surface area contributed by atoms with E-state index in [9.17, 15) is 23.1 Å². The van der Waals surface area contributed by atoms with Crippen LogP contribution in [-0.4, -0.2) is 50.5 Å². The van der Waals surface area contributed by atoms with Gasteiger partial charge in [-0.2, -0.15) is 13.2 Å². The van der Waals surface area contributed by atoms with E-state index < -0.39 is 29.6 Å². The molecule has 5 nitrogen and oxygen atoms in total. The van der Waals surface area contributed by atoms with Crippen molar-refractivity contribution in [2.75, 3.05) is 33.4 Å². The van der Waals surface area contributed by atoms with Gasteiger partial charge in [0.15, 0.2) is 0 Å². The van der Waals surface area contributed by atoms with Gasteiger partial charge in [-0.05, 0) is 31.5 Å². The number of piperidine rings is 1. The van der Waals surface area contributed by atoms with Crippen LogP contribution in [0.3, 0.4) is 0 Å². The van der Waals surface area contributed by atoms with E-state index in [1.807, 2.05) is 0 Å². The van der Waals surface area contributed by atoms with Gasteiger partial charge in [-0.25, -0.2) is 0 Å². The maximum absolute atomic E-state index is 13.5. The Morgan fingerprint density at radius 1 is 1.27 bits per heavy atom. The summed E-state index contributed by atoms with van der Waals surface area (Å²) in [5.74, 6) is -0.533. The summed E-state index contributed by atoms with van der Waals surface area (Å²) in [5.41, 5.74) is -4.34. The second-order valence-electron chi connectivity index (χ2n) is 6.37. The molecule has 0 radical (unpaired) electrons. The zero-order valence-electron chi connectivity index (χ0n) is 14.4. The van der Waals surface area contributed by atoms with E-state index in [2.05, 4.69) is 10.6 Å². The molecule has 9 heteroatoms. The molecule has 148 valence electrons. The lowest BCUT2D eigenvalue weighted by Crippen LogP contribution is -2.56. The van der Waals surface area contributed by atoms with Gasteiger partial charge < -0.3 is 20.5 Å². The number of benzene rings is 1. The van der Waals surface area contributed by atoms with Gasteiger partial charge in [-0.1, -0.05) is 30.3 Å². The normalized spacial score (nSPS) is 19.1. The van der Waals surface area contributed by atoms with E-state index in [-0.39, 0.29) is 24.6 Å². The fourth-order valence-corrected chi connectivity index (χ4v) is 3.09. The Hall–Kier alpha value is -1.35. The largest absolute Gasteiger partial charge is 0.423 e. The quantitative estimate of drug-likeness (QED) is 0.687. The summed E-state index contributed by atoms with van der Waals surface area (Å²) < 4.78 is 45.6. The third-order valence-electron chi connectivity index (χ3n) is 4.69. The highest BCUT2D eigenvalue weighted by Gasteiger charge is 2.55. The van der Waals surface area contributed by atoms with Gasteiger partial charge >= 0.3 is 6.18 Å². The number of hydrogen-bond donors (Lipinski definition) is 3. The van der Waals surface area contributed by atoms with E-state index >= 15 is 0 Å². The first-order valence-corrected chi connectivity index (χ1v) is 8.08. The van der Waals surface area contributed by atoms with Crippen LogP contribution in [-0.2, 0) is 15.1 Å². The number of carbonyl (C=O) groups excluding carboxylic acids is 1. The van der Waals surface area contributed by atoms with E-state index in [0.717, 1.165) is 0 Å². The number of rotatable bonds is 6. The van der Waals surface area contributed by atoms with Gasteiger partial charge in [0.2, 0.25) is 11.5 Å². The SMILES string of the molecule is COCC1(C(=O)NCC(O)(c2ccccc2)C(F)(F)F)CCNCC1.Cl. The van der Waals surface area contributed by atoms with Crippen LogP contribution >= 0.6 is 12.4 Å². The van der Waals surface area contributed by atoms with Crippen molar-refractivity contribution in [2.45, 2.75) is 24.6 Å². The summed E-state index contributed by atoms with van der Waals surface area (Å²) >= 11 is 0. The van der Waals surface area contributed by atoms with Crippen molar-refractivity contribution < 1.29 is 27.8 Å². The summed E-state index contributed by atoms with van der Waals surface area (Å²) in [6.07, 6.45) is -4.00. The summed E-state index contributed by atoms with van der Waals surface area (Å²) in [4.78, 5) is 12.6. The van der Waals surface area contributed by atoms with Crippen LogP contribution in [0.5, 0.6) is 0 Å². The second kappa shape index (κ2) is 9.03. The standard InChI is InChI=1S/C17H23F3N2O3.ClH/c1-25-12-15(7-9-21-10-8-15)14(23)22-11-16(24,17(18,19)20)13-5-3-2-4-6-13;/h2-6,21,24H,7-12H2,1H3,(H,22,23);1H. The zero-order chi connectivity index (χ0) is 18.6. The van der Waals surface area contributed by atoms with Crippen LogP contribution in [0.4, 0.5) is 13.2 Å². The lowest BCUT2D eigenvalue weighted by molar-refractivity contribution is -0.264. The fourth-order valence-electron chi connectivity index (χ4n) is 3.09. The van der Waals surface area contributed by atoms with Crippen molar-refractivity contribution in [3.8, 4) is 0 Å². The number of carbonyl (C=O) groups is 1. The molecule has 0 saturated carbocycles. The minimum Gasteiger partial charge on any atom is -0.384 e. The second-order valence-corrected chi connectivity index (χ2v) is 6.37. The van der Waals surface area contributed by atoms with Crippen molar-refractivity contribution in [3.05, 3.63) is 35.9 Å². The molecular weight excluding hydrogens is 373 g/mol. The smallest absolute Gasteiger partial charge is 0.384 e. The van der Waals surface area contributed by atoms with Crippen LogP contribution in [0.2, 0.25) is 0 Å². The van der Waals surface area contributed by atoms with E-state index in [1.165, 1.54) is 31.4 Å². The lowest BCUT2D eigenvalue weighted by atomic mass is 9.78. The molecule has 1 fully saturated rings. The van der Waals surface area contributed by atoms with Crippen LogP contribution in [0.1, 0.15) is 18.4 Å². The molecular formula is C17H24ClF3N2O3. The van der Waals surface area contributed by atoms with E-state index in [1.54, 1.807) is 6.07 Å². The summed E-state index contributed by atoms with van der Waals surface area (Å²) in [5, 5.41) is 15.7. The maximum Gasteiger partial charge on any atom is 0.423 e. The Balaban J connectivity index is 0.00000338. The predicted octanol–water partition coefficient (Wildman–Crippen LogP) is 1.99. The first kappa shape index (κ1) is 22.7. The molecule has 3 N–H and O–H groups in total. The van der Waals surface area contributed by atoms with Crippen molar-refractivity contribution >= 4 is 18.3 Å². The number of halogens is 4. The van der Waals surface area contributed by atoms with Crippen molar-refractivity contribution in [1.29, 1.82) is 0 Å². The van der Waals surface area contributed by atoms with Crippen LogP contribution in [0, 0.1) is 5.41 Å². The van der Waals surface area contributed by atoms with Gasteiger partial charge in [0.05, 0.1) is 18.6 Å². The Morgan fingerprint density at radius 2 is 1.85 bits per heavy atom. The third-order valence-corrected chi connectivity index (χ3v) is 4.69. The van der Waals surface area contributed by atoms with Gasteiger partial charge in [0.1, 0.15) is 0 Å². The average Bonchev–Trinajstić information content (AvgIpc) is 2.60. The Morgan fingerprint density at radius 3 is 2.35 bits per heavy atom. The number of nitrogens with one attached hydrogen (secondary N) is 2. The highest BCUT2D eigenvalue weighted by molar-refractivity contribution is 5.85. The molecule has 1 aromatic carbocycles. The van der Waals surface area contributed by atoms with Gasteiger partial charge in [0.25, 0.3) is 0 Å². The lowest BCUT2D eigenvalue weighted by Gasteiger charge is -2.37. The molecule has 1 unspecified atom stereocenters. The molecule has 1 aliphatic rings. The molecule has 1 atom stereocenters. The molecule has 0 spiro atoms. The fraction of sp³-hybridized carbons (Fsp3) is 0.588. The molecule has 2 rings (SSSR count). The molecule has 1 aromatic rings. The minimum absolute atomic E-state index is 0. The molecule has 0 aromatic heterocycles. The van der Waals surface area contributed by atoms with Gasteiger partial charge in [0, 0.05) is 7.11 Å². The maximum atomic E-state index is 13.5. The number of hydrogen-bond acceptors (Lipinski definition) is 4. The predicted molar refractivity (Wildman–Crippen MR) is 93.1 cm³/mol. The van der Waals surface area contributed by atoms with Crippen LogP contribution < -0.4 is 10.6 Å². The van der Waals surface area contributed by atoms with Crippen LogP contribution in [0.15, 0.2) is 30.3 Å². The van der Waals surface area contributed by atoms with E-state index in [0.29, 0.717) is 25.9 Å². The number of alkyl halides is 3. The first-order chi connectivity index (χ1) is 11.8. The summed E-state index contributed by atoms with van der Waals surface area (Å²) in [6, 6.07) is 6.76. The minimum atomic E-state index is -4.93. The Bertz CT molecular complexity index is 575. The Labute approximate surface area is 156 Å². The summed E-state index contributed by atoms with van der Waals surface area (Å²) in [7, 11) is 1.45. The third kappa shape index (κ3) is 4.68. The highest BCUT2D eigenvalue weighted by atomic mass is 35.5. The molecule has 1 amide bonds. The molecule has 26 heavy (non-hydrogen) atoms. The molecule has 1 heterocycles. The van der Waals surface area contributed by atoms with Crippen LogP contribution in [0.25, 0.3) is 0 Å². The average molecular weight is 397 g/mol. The first-order valence-electron chi connectivity index (χ1n) is 8.08. The van der Waals surface area contributed by atoms with Crippen molar-refractivity contribution in [1.82, 2.24) is 10.6 Å². The zero-order valence-corrected chi connectivity index (χ0v) is 15.3. The molecule has 0 aliphatic carbocycles. The van der Waals surface area contributed by atoms with Crippen molar-refractivity contribution in [3.63, 3.8) is 0 Å². The molecule has 0 bridgehead atoms. The van der Waals surface area contributed by atoms with Crippen molar-refractivity contribution in [2.24, 2.45) is 5.41 Å². The molecule has 1 aliphatic heterocycles. The number of aliphatic hydroxyl groups is 1. The number of amides is 1. The highest BCUT2D eigenvalue weighted by Crippen LogP contribution is 2.39. The summed E-state index contributed by atoms with van der Waals surface area (Å²) in [6.45, 7) is 0.340. The topological polar surface area (TPSA) is 70.6 Å². The monoisotopic (exact) mass is 396 g/mol. The number of ether oxygens (including phenoxy) is 1. The van der Waals surface area contributed by atoms with E-state index in [4.69, 9.17) is 4.74 Å².